The van der Waals surface area contributed by atoms with Crippen LogP contribution in [0.15, 0.2) is 30.5 Å². The van der Waals surface area contributed by atoms with Crippen LogP contribution in [0.3, 0.4) is 0 Å². The van der Waals surface area contributed by atoms with E-state index in [9.17, 15) is 9.90 Å². The molecule has 1 unspecified atom stereocenters. The SMILES string of the molecule is Cc1cccc(-n2ncc(C(=O)O)c2C2CCCO2)c1. The van der Waals surface area contributed by atoms with E-state index in [2.05, 4.69) is 5.10 Å². The zero-order valence-electron chi connectivity index (χ0n) is 11.2. The molecule has 0 saturated carbocycles. The normalized spacial score (nSPS) is 18.4. The van der Waals surface area contributed by atoms with Crippen molar-refractivity contribution in [3.05, 3.63) is 47.3 Å². The first-order valence-corrected chi connectivity index (χ1v) is 6.66. The van der Waals surface area contributed by atoms with Gasteiger partial charge >= 0.3 is 5.97 Å². The molecule has 1 aliphatic rings. The number of benzene rings is 1. The third-order valence-electron chi connectivity index (χ3n) is 3.52. The number of carboxylic acids is 1. The molecule has 0 amide bonds. The minimum Gasteiger partial charge on any atom is -0.478 e. The van der Waals surface area contributed by atoms with Crippen LogP contribution in [0.5, 0.6) is 0 Å². The molecule has 104 valence electrons. The summed E-state index contributed by atoms with van der Waals surface area (Å²) in [5.41, 5.74) is 2.83. The molecule has 5 heteroatoms. The Hall–Kier alpha value is -2.14. The Morgan fingerprint density at radius 3 is 3.00 bits per heavy atom. The van der Waals surface area contributed by atoms with E-state index in [1.165, 1.54) is 6.20 Å². The molecular formula is C15H16N2O3. The lowest BCUT2D eigenvalue weighted by atomic mass is 10.1. The van der Waals surface area contributed by atoms with Crippen molar-refractivity contribution in [2.24, 2.45) is 0 Å². The molecule has 2 heterocycles. The topological polar surface area (TPSA) is 64.4 Å². The van der Waals surface area contributed by atoms with Crippen molar-refractivity contribution >= 4 is 5.97 Å². The molecule has 2 aromatic rings. The quantitative estimate of drug-likeness (QED) is 0.933. The van der Waals surface area contributed by atoms with E-state index in [4.69, 9.17) is 4.74 Å². The van der Waals surface area contributed by atoms with E-state index in [-0.39, 0.29) is 11.7 Å². The predicted octanol–water partition coefficient (Wildman–Crippen LogP) is 2.73. The highest BCUT2D eigenvalue weighted by atomic mass is 16.5. The second-order valence-corrected chi connectivity index (χ2v) is 5.00. The molecule has 1 aromatic carbocycles. The first-order valence-electron chi connectivity index (χ1n) is 6.66. The van der Waals surface area contributed by atoms with Gasteiger partial charge in [-0.3, -0.25) is 0 Å². The molecule has 20 heavy (non-hydrogen) atoms. The molecule has 1 fully saturated rings. The van der Waals surface area contributed by atoms with Gasteiger partial charge in [0.15, 0.2) is 0 Å². The molecule has 0 radical (unpaired) electrons. The molecule has 1 aliphatic heterocycles. The monoisotopic (exact) mass is 272 g/mol. The summed E-state index contributed by atoms with van der Waals surface area (Å²) in [6.45, 7) is 2.67. The maximum absolute atomic E-state index is 11.4. The second-order valence-electron chi connectivity index (χ2n) is 5.00. The van der Waals surface area contributed by atoms with Crippen molar-refractivity contribution in [1.29, 1.82) is 0 Å². The minimum absolute atomic E-state index is 0.191. The van der Waals surface area contributed by atoms with E-state index >= 15 is 0 Å². The smallest absolute Gasteiger partial charge is 0.339 e. The Kier molecular flexibility index (Phi) is 3.28. The maximum atomic E-state index is 11.4. The highest BCUT2D eigenvalue weighted by Gasteiger charge is 2.28. The number of hydrogen-bond donors (Lipinski definition) is 1. The number of ether oxygens (including phenoxy) is 1. The fourth-order valence-electron chi connectivity index (χ4n) is 2.59. The van der Waals surface area contributed by atoms with E-state index in [1.807, 2.05) is 31.2 Å². The highest BCUT2D eigenvalue weighted by Crippen LogP contribution is 2.32. The fraction of sp³-hybridized carbons (Fsp3) is 0.333. The van der Waals surface area contributed by atoms with Crippen LogP contribution >= 0.6 is 0 Å². The highest BCUT2D eigenvalue weighted by molar-refractivity contribution is 5.89. The standard InChI is InChI=1S/C15H16N2O3/c1-10-4-2-5-11(8-10)17-14(13-6-3-7-20-13)12(9-16-17)15(18)19/h2,4-5,8-9,13H,3,6-7H2,1H3,(H,18,19). The van der Waals surface area contributed by atoms with Gasteiger partial charge in [0.1, 0.15) is 11.7 Å². The number of aromatic nitrogens is 2. The molecular weight excluding hydrogens is 256 g/mol. The van der Waals surface area contributed by atoms with Crippen molar-refractivity contribution < 1.29 is 14.6 Å². The lowest BCUT2D eigenvalue weighted by molar-refractivity contribution is 0.0679. The summed E-state index contributed by atoms with van der Waals surface area (Å²) in [6, 6.07) is 7.84. The predicted molar refractivity (Wildman–Crippen MR) is 73.2 cm³/mol. The maximum Gasteiger partial charge on any atom is 0.339 e. The van der Waals surface area contributed by atoms with Crippen LogP contribution < -0.4 is 0 Å². The van der Waals surface area contributed by atoms with E-state index < -0.39 is 5.97 Å². The average molecular weight is 272 g/mol. The van der Waals surface area contributed by atoms with Gasteiger partial charge < -0.3 is 9.84 Å². The van der Waals surface area contributed by atoms with Gasteiger partial charge in [0.25, 0.3) is 0 Å². The molecule has 3 rings (SSSR count). The summed E-state index contributed by atoms with van der Waals surface area (Å²) < 4.78 is 7.34. The molecule has 0 spiro atoms. The Morgan fingerprint density at radius 2 is 2.35 bits per heavy atom. The summed E-state index contributed by atoms with van der Waals surface area (Å²) in [5, 5.41) is 13.6. The zero-order chi connectivity index (χ0) is 14.1. The zero-order valence-corrected chi connectivity index (χ0v) is 11.2. The van der Waals surface area contributed by atoms with Crippen molar-refractivity contribution in [1.82, 2.24) is 9.78 Å². The van der Waals surface area contributed by atoms with Gasteiger partial charge in [-0.1, -0.05) is 12.1 Å². The molecule has 1 aromatic heterocycles. The van der Waals surface area contributed by atoms with Gasteiger partial charge in [-0.25, -0.2) is 9.48 Å². The molecule has 0 aliphatic carbocycles. The van der Waals surface area contributed by atoms with Crippen molar-refractivity contribution in [2.45, 2.75) is 25.9 Å². The van der Waals surface area contributed by atoms with Crippen molar-refractivity contribution in [3.63, 3.8) is 0 Å². The summed E-state index contributed by atoms with van der Waals surface area (Å²) in [6.07, 6.45) is 2.99. The van der Waals surface area contributed by atoms with Crippen LogP contribution in [0.1, 0.15) is 40.6 Å². The second kappa shape index (κ2) is 5.09. The number of carbonyl (C=O) groups is 1. The van der Waals surface area contributed by atoms with E-state index in [0.717, 1.165) is 24.1 Å². The number of carboxylic acid groups (broad SMARTS) is 1. The summed E-state index contributed by atoms with van der Waals surface area (Å²) in [4.78, 5) is 11.4. The Bertz CT molecular complexity index is 642. The fourth-order valence-corrected chi connectivity index (χ4v) is 2.59. The van der Waals surface area contributed by atoms with Gasteiger partial charge in [0, 0.05) is 6.61 Å². The Labute approximate surface area is 116 Å². The number of rotatable bonds is 3. The van der Waals surface area contributed by atoms with Crippen LogP contribution in [-0.2, 0) is 4.74 Å². The largest absolute Gasteiger partial charge is 0.478 e. The van der Waals surface area contributed by atoms with Crippen LogP contribution in [-0.4, -0.2) is 27.5 Å². The van der Waals surface area contributed by atoms with Crippen LogP contribution in [0.25, 0.3) is 5.69 Å². The van der Waals surface area contributed by atoms with Crippen LogP contribution in [0.2, 0.25) is 0 Å². The van der Waals surface area contributed by atoms with Crippen molar-refractivity contribution in [3.8, 4) is 5.69 Å². The number of nitrogens with zero attached hydrogens (tertiary/aromatic N) is 2. The minimum atomic E-state index is -0.964. The third-order valence-corrected chi connectivity index (χ3v) is 3.52. The van der Waals surface area contributed by atoms with E-state index in [0.29, 0.717) is 12.3 Å². The first-order chi connectivity index (χ1) is 9.66. The summed E-state index contributed by atoms with van der Waals surface area (Å²) in [7, 11) is 0. The van der Waals surface area contributed by atoms with Gasteiger partial charge in [0.2, 0.25) is 0 Å². The van der Waals surface area contributed by atoms with Crippen LogP contribution in [0.4, 0.5) is 0 Å². The van der Waals surface area contributed by atoms with Gasteiger partial charge in [0.05, 0.1) is 17.6 Å². The Morgan fingerprint density at radius 1 is 1.50 bits per heavy atom. The molecule has 1 saturated heterocycles. The average Bonchev–Trinajstić information content (AvgIpc) is 3.07. The molecule has 5 nitrogen and oxygen atoms in total. The van der Waals surface area contributed by atoms with Gasteiger partial charge in [-0.2, -0.15) is 5.10 Å². The first kappa shape index (κ1) is 12.9. The van der Waals surface area contributed by atoms with Crippen molar-refractivity contribution in [2.75, 3.05) is 6.61 Å². The summed E-state index contributed by atoms with van der Waals surface area (Å²) >= 11 is 0. The number of aromatic carboxylic acids is 1. The third kappa shape index (κ3) is 2.20. The van der Waals surface area contributed by atoms with E-state index in [1.54, 1.807) is 4.68 Å². The summed E-state index contributed by atoms with van der Waals surface area (Å²) in [5.74, 6) is -0.964. The lowest BCUT2D eigenvalue weighted by Gasteiger charge is -2.14. The molecule has 0 bridgehead atoms. The number of aryl methyl sites for hydroxylation is 1. The number of hydrogen-bond acceptors (Lipinski definition) is 3. The Balaban J connectivity index is 2.13. The van der Waals surface area contributed by atoms with Gasteiger partial charge in [-0.15, -0.1) is 0 Å². The molecule has 1 N–H and O–H groups in total. The molecule has 1 atom stereocenters. The lowest BCUT2D eigenvalue weighted by Crippen LogP contribution is -2.11. The van der Waals surface area contributed by atoms with Gasteiger partial charge in [-0.05, 0) is 37.5 Å². The van der Waals surface area contributed by atoms with Crippen LogP contribution in [0, 0.1) is 6.92 Å².